The number of anilines is 1. The van der Waals surface area contributed by atoms with Crippen LogP contribution in [0.2, 0.25) is 0 Å². The summed E-state index contributed by atoms with van der Waals surface area (Å²) in [5, 5.41) is 12.3. The lowest BCUT2D eigenvalue weighted by Crippen LogP contribution is -2.13. The number of ether oxygens (including phenoxy) is 3. The van der Waals surface area contributed by atoms with Gasteiger partial charge in [0, 0.05) is 5.69 Å². The SMILES string of the molecule is CCOc1cc(/C=C(\C#N)C(=O)Nc2ccc(OC)cc2)ccc1OCc1ccc(C)c(C)c1. The van der Waals surface area contributed by atoms with Crippen molar-refractivity contribution in [2.24, 2.45) is 0 Å². The van der Waals surface area contributed by atoms with Gasteiger partial charge in [0.15, 0.2) is 11.5 Å². The summed E-state index contributed by atoms with van der Waals surface area (Å²) in [6.07, 6.45) is 1.52. The highest BCUT2D eigenvalue weighted by molar-refractivity contribution is 6.09. The molecule has 0 fully saturated rings. The van der Waals surface area contributed by atoms with Crippen LogP contribution in [0.4, 0.5) is 5.69 Å². The predicted molar refractivity (Wildman–Crippen MR) is 133 cm³/mol. The molecule has 0 aliphatic rings. The summed E-state index contributed by atoms with van der Waals surface area (Å²) in [7, 11) is 1.57. The number of amides is 1. The molecule has 6 nitrogen and oxygen atoms in total. The molecule has 174 valence electrons. The molecule has 0 aromatic heterocycles. The molecular weight excluding hydrogens is 428 g/mol. The lowest BCUT2D eigenvalue weighted by Gasteiger charge is -2.13. The zero-order valence-electron chi connectivity index (χ0n) is 19.8. The maximum absolute atomic E-state index is 12.6. The third kappa shape index (κ3) is 6.39. The second kappa shape index (κ2) is 11.6. The van der Waals surface area contributed by atoms with Crippen molar-refractivity contribution < 1.29 is 19.0 Å². The first-order valence-electron chi connectivity index (χ1n) is 11.0. The van der Waals surface area contributed by atoms with Gasteiger partial charge in [-0.25, -0.2) is 0 Å². The minimum Gasteiger partial charge on any atom is -0.497 e. The monoisotopic (exact) mass is 456 g/mol. The Morgan fingerprint density at radius 2 is 1.74 bits per heavy atom. The number of aryl methyl sites for hydroxylation is 2. The van der Waals surface area contributed by atoms with Gasteiger partial charge in [0.25, 0.3) is 5.91 Å². The molecule has 0 saturated carbocycles. The Kier molecular flexibility index (Phi) is 8.31. The predicted octanol–water partition coefficient (Wildman–Crippen LogP) is 5.84. The highest BCUT2D eigenvalue weighted by atomic mass is 16.5. The quantitative estimate of drug-likeness (QED) is 0.323. The van der Waals surface area contributed by atoms with Crippen LogP contribution in [-0.4, -0.2) is 19.6 Å². The molecule has 34 heavy (non-hydrogen) atoms. The molecule has 0 bridgehead atoms. The summed E-state index contributed by atoms with van der Waals surface area (Å²) in [6, 6.07) is 20.4. The molecule has 1 N–H and O–H groups in total. The van der Waals surface area contributed by atoms with Gasteiger partial charge in [-0.15, -0.1) is 0 Å². The number of nitriles is 1. The van der Waals surface area contributed by atoms with Crippen molar-refractivity contribution in [3.05, 3.63) is 88.5 Å². The van der Waals surface area contributed by atoms with Crippen LogP contribution in [0.15, 0.2) is 66.2 Å². The molecule has 1 amide bonds. The Balaban J connectivity index is 1.76. The average Bonchev–Trinajstić information content (AvgIpc) is 2.84. The van der Waals surface area contributed by atoms with E-state index in [2.05, 4.69) is 31.3 Å². The Hall–Kier alpha value is -4.24. The van der Waals surface area contributed by atoms with E-state index in [1.165, 1.54) is 17.2 Å². The Morgan fingerprint density at radius 1 is 0.971 bits per heavy atom. The molecule has 0 aliphatic heterocycles. The third-order valence-corrected chi connectivity index (χ3v) is 5.26. The van der Waals surface area contributed by atoms with E-state index >= 15 is 0 Å². The lowest BCUT2D eigenvalue weighted by molar-refractivity contribution is -0.112. The Morgan fingerprint density at radius 3 is 2.38 bits per heavy atom. The van der Waals surface area contributed by atoms with Gasteiger partial charge in [-0.2, -0.15) is 5.26 Å². The maximum atomic E-state index is 12.6. The van der Waals surface area contributed by atoms with E-state index in [4.69, 9.17) is 14.2 Å². The van der Waals surface area contributed by atoms with Crippen LogP contribution in [0.3, 0.4) is 0 Å². The Labute approximate surface area is 200 Å². The van der Waals surface area contributed by atoms with E-state index in [0.717, 1.165) is 5.56 Å². The molecule has 0 radical (unpaired) electrons. The maximum Gasteiger partial charge on any atom is 0.266 e. The lowest BCUT2D eigenvalue weighted by atomic mass is 10.1. The van der Waals surface area contributed by atoms with E-state index in [1.807, 2.05) is 19.1 Å². The second-order valence-corrected chi connectivity index (χ2v) is 7.70. The first-order chi connectivity index (χ1) is 16.4. The van der Waals surface area contributed by atoms with Crippen molar-refractivity contribution in [1.82, 2.24) is 0 Å². The normalized spacial score (nSPS) is 10.9. The van der Waals surface area contributed by atoms with Gasteiger partial charge in [0.2, 0.25) is 0 Å². The average molecular weight is 457 g/mol. The molecule has 0 aliphatic carbocycles. The van der Waals surface area contributed by atoms with Crippen LogP contribution in [0.1, 0.15) is 29.2 Å². The molecular formula is C28H28N2O4. The summed E-state index contributed by atoms with van der Waals surface area (Å²) < 4.78 is 16.9. The molecule has 0 heterocycles. The van der Waals surface area contributed by atoms with Crippen molar-refractivity contribution in [3.8, 4) is 23.3 Å². The summed E-state index contributed by atoms with van der Waals surface area (Å²) in [6.45, 7) is 6.90. The van der Waals surface area contributed by atoms with Crippen molar-refractivity contribution in [3.63, 3.8) is 0 Å². The molecule has 6 heteroatoms. The third-order valence-electron chi connectivity index (χ3n) is 5.26. The van der Waals surface area contributed by atoms with Gasteiger partial charge in [-0.1, -0.05) is 24.3 Å². The van der Waals surface area contributed by atoms with Crippen molar-refractivity contribution in [2.75, 3.05) is 19.0 Å². The van der Waals surface area contributed by atoms with E-state index in [1.54, 1.807) is 49.6 Å². The van der Waals surface area contributed by atoms with E-state index < -0.39 is 5.91 Å². The summed E-state index contributed by atoms with van der Waals surface area (Å²) in [5.74, 6) is 1.32. The standard InChI is InChI=1S/C28H28N2O4/c1-5-33-27-16-21(8-13-26(27)34-18-22-7-6-19(2)20(3)14-22)15-23(17-29)28(31)30-24-9-11-25(32-4)12-10-24/h6-16H,5,18H2,1-4H3,(H,30,31)/b23-15+. The molecule has 0 unspecified atom stereocenters. The fourth-order valence-electron chi connectivity index (χ4n) is 3.24. The fourth-order valence-corrected chi connectivity index (χ4v) is 3.24. The van der Waals surface area contributed by atoms with Gasteiger partial charge < -0.3 is 19.5 Å². The second-order valence-electron chi connectivity index (χ2n) is 7.70. The number of hydrogen-bond acceptors (Lipinski definition) is 5. The molecule has 0 saturated heterocycles. The topological polar surface area (TPSA) is 80.6 Å². The number of nitrogens with one attached hydrogen (secondary N) is 1. The van der Waals surface area contributed by atoms with Gasteiger partial charge >= 0.3 is 0 Å². The number of methoxy groups -OCH3 is 1. The molecule has 0 atom stereocenters. The number of benzene rings is 3. The number of hydrogen-bond donors (Lipinski definition) is 1. The zero-order chi connectivity index (χ0) is 24.5. The van der Waals surface area contributed by atoms with Gasteiger partial charge in [-0.05, 0) is 85.5 Å². The van der Waals surface area contributed by atoms with E-state index in [9.17, 15) is 10.1 Å². The van der Waals surface area contributed by atoms with Crippen LogP contribution < -0.4 is 19.5 Å². The van der Waals surface area contributed by atoms with Gasteiger partial charge in [0.1, 0.15) is 24.0 Å². The van der Waals surface area contributed by atoms with Crippen molar-refractivity contribution in [1.29, 1.82) is 5.26 Å². The largest absolute Gasteiger partial charge is 0.497 e. The van der Waals surface area contributed by atoms with Gasteiger partial charge in [-0.3, -0.25) is 4.79 Å². The van der Waals surface area contributed by atoms with Crippen LogP contribution in [0.25, 0.3) is 6.08 Å². The highest BCUT2D eigenvalue weighted by Gasteiger charge is 2.12. The number of carbonyl (C=O) groups is 1. The smallest absolute Gasteiger partial charge is 0.266 e. The van der Waals surface area contributed by atoms with Crippen molar-refractivity contribution >= 4 is 17.7 Å². The van der Waals surface area contributed by atoms with Gasteiger partial charge in [0.05, 0.1) is 13.7 Å². The number of carbonyl (C=O) groups excluding carboxylic acids is 1. The minimum atomic E-state index is -0.499. The fraction of sp³-hybridized carbons (Fsp3) is 0.214. The minimum absolute atomic E-state index is 0.0259. The Bertz CT molecular complexity index is 1220. The van der Waals surface area contributed by atoms with E-state index in [0.29, 0.717) is 41.7 Å². The van der Waals surface area contributed by atoms with E-state index in [-0.39, 0.29) is 5.57 Å². The zero-order valence-corrected chi connectivity index (χ0v) is 19.8. The van der Waals surface area contributed by atoms with Crippen LogP contribution in [-0.2, 0) is 11.4 Å². The molecule has 3 rings (SSSR count). The number of nitrogens with zero attached hydrogens (tertiary/aromatic N) is 1. The molecule has 0 spiro atoms. The van der Waals surface area contributed by atoms with Crippen LogP contribution >= 0.6 is 0 Å². The van der Waals surface area contributed by atoms with Crippen LogP contribution in [0, 0.1) is 25.2 Å². The molecule has 3 aromatic rings. The summed E-state index contributed by atoms with van der Waals surface area (Å²) in [5.41, 5.74) is 4.71. The van der Waals surface area contributed by atoms with Crippen LogP contribution in [0.5, 0.6) is 17.2 Å². The first-order valence-corrected chi connectivity index (χ1v) is 11.0. The first kappa shape index (κ1) is 24.4. The number of rotatable bonds is 9. The highest BCUT2D eigenvalue weighted by Crippen LogP contribution is 2.30. The van der Waals surface area contributed by atoms with Crippen molar-refractivity contribution in [2.45, 2.75) is 27.4 Å². The summed E-state index contributed by atoms with van der Waals surface area (Å²) in [4.78, 5) is 12.6. The summed E-state index contributed by atoms with van der Waals surface area (Å²) >= 11 is 0. The molecule has 3 aromatic carbocycles.